The van der Waals surface area contributed by atoms with Gasteiger partial charge in [0.2, 0.25) is 0 Å². The second-order valence-corrected chi connectivity index (χ2v) is 8.16. The summed E-state index contributed by atoms with van der Waals surface area (Å²) in [6.45, 7) is 4.50. The van der Waals surface area contributed by atoms with Gasteiger partial charge in [0.25, 0.3) is 0 Å². The minimum Gasteiger partial charge on any atom is -0.357 e. The van der Waals surface area contributed by atoms with Gasteiger partial charge >= 0.3 is 0 Å². The van der Waals surface area contributed by atoms with E-state index in [1.807, 2.05) is 18.3 Å². The fourth-order valence-electron chi connectivity index (χ4n) is 4.37. The summed E-state index contributed by atoms with van der Waals surface area (Å²) in [4.78, 5) is 2.06. The van der Waals surface area contributed by atoms with Gasteiger partial charge in [-0.2, -0.15) is 0 Å². The standard InChI is InChI=1S/C25H30FN3/c1-2-7-19-8-6-9-24-20(16-19)12-15-29(24)18-22-11-10-21(17-23(22)26)25(27)28-13-4-3-5-14-28/h6,8-12,15-17,19,27H,2-5,7,13-14,18H2,1H3. The molecule has 4 heteroatoms. The molecule has 0 radical (unpaired) electrons. The molecule has 1 aromatic carbocycles. The van der Waals surface area contributed by atoms with Gasteiger partial charge in [-0.3, -0.25) is 5.41 Å². The molecule has 1 aliphatic carbocycles. The van der Waals surface area contributed by atoms with E-state index in [-0.39, 0.29) is 5.82 Å². The van der Waals surface area contributed by atoms with Crippen LogP contribution in [0.2, 0.25) is 0 Å². The lowest BCUT2D eigenvalue weighted by Crippen LogP contribution is -2.35. The smallest absolute Gasteiger partial charge is 0.128 e. The van der Waals surface area contributed by atoms with Crippen LogP contribution in [-0.2, 0) is 6.54 Å². The first-order chi connectivity index (χ1) is 14.2. The van der Waals surface area contributed by atoms with Gasteiger partial charge in [0, 0.05) is 35.8 Å². The molecule has 4 rings (SSSR count). The van der Waals surface area contributed by atoms with Crippen LogP contribution in [0.5, 0.6) is 0 Å². The van der Waals surface area contributed by atoms with Crippen molar-refractivity contribution in [1.29, 1.82) is 5.41 Å². The molecule has 2 aromatic rings. The van der Waals surface area contributed by atoms with Crippen molar-refractivity contribution in [3.8, 4) is 0 Å². The molecule has 1 saturated heterocycles. The molecule has 1 fully saturated rings. The Kier molecular flexibility index (Phi) is 5.98. The second kappa shape index (κ2) is 8.81. The van der Waals surface area contributed by atoms with Crippen molar-refractivity contribution in [1.82, 2.24) is 9.47 Å². The molecule has 2 heterocycles. The molecule has 0 bridgehead atoms. The quantitative estimate of drug-likeness (QED) is 0.606. The number of allylic oxidation sites excluding steroid dienone is 2. The van der Waals surface area contributed by atoms with Gasteiger partial charge in [-0.05, 0) is 55.0 Å². The molecular weight excluding hydrogens is 361 g/mol. The number of aromatic nitrogens is 1. The zero-order chi connectivity index (χ0) is 20.2. The van der Waals surface area contributed by atoms with E-state index in [0.29, 0.717) is 29.4 Å². The Labute approximate surface area is 172 Å². The predicted octanol–water partition coefficient (Wildman–Crippen LogP) is 4.03. The van der Waals surface area contributed by atoms with Gasteiger partial charge in [-0.1, -0.05) is 43.7 Å². The van der Waals surface area contributed by atoms with E-state index in [4.69, 9.17) is 5.41 Å². The van der Waals surface area contributed by atoms with E-state index in [1.54, 1.807) is 0 Å². The van der Waals surface area contributed by atoms with Crippen molar-refractivity contribution in [2.24, 2.45) is 5.92 Å². The second-order valence-electron chi connectivity index (χ2n) is 8.16. The zero-order valence-corrected chi connectivity index (χ0v) is 17.2. The molecule has 1 unspecified atom stereocenters. The first-order valence-electron chi connectivity index (χ1n) is 10.8. The highest BCUT2D eigenvalue weighted by atomic mass is 19.1. The van der Waals surface area contributed by atoms with Gasteiger partial charge in [-0.25, -0.2) is 4.39 Å². The number of piperidine rings is 1. The third-order valence-electron chi connectivity index (χ3n) is 6.01. The molecular formula is C25H30FN3. The first-order valence-corrected chi connectivity index (χ1v) is 10.8. The molecule has 1 aromatic heterocycles. The fraction of sp³-hybridized carbons (Fsp3) is 0.400. The highest BCUT2D eigenvalue weighted by molar-refractivity contribution is 5.96. The maximum absolute atomic E-state index is 14.9. The minimum absolute atomic E-state index is 0.233. The van der Waals surface area contributed by atoms with Crippen molar-refractivity contribution in [2.45, 2.75) is 45.6 Å². The number of hydrogen-bond donors (Lipinski definition) is 1. The van der Waals surface area contributed by atoms with Crippen LogP contribution in [0, 0.1) is 17.1 Å². The number of amidine groups is 1. The van der Waals surface area contributed by atoms with Crippen LogP contribution < -0.4 is 10.6 Å². The zero-order valence-electron chi connectivity index (χ0n) is 17.2. The molecule has 1 atom stereocenters. The molecule has 3 nitrogen and oxygen atoms in total. The summed E-state index contributed by atoms with van der Waals surface area (Å²) in [7, 11) is 0. The number of nitrogens with zero attached hydrogens (tertiary/aromatic N) is 2. The van der Waals surface area contributed by atoms with Gasteiger partial charge in [-0.15, -0.1) is 0 Å². The van der Waals surface area contributed by atoms with Crippen molar-refractivity contribution in [3.05, 3.63) is 70.1 Å². The Morgan fingerprint density at radius 3 is 2.76 bits per heavy atom. The number of halogens is 1. The first kappa shape index (κ1) is 19.7. The van der Waals surface area contributed by atoms with Gasteiger partial charge in [0.15, 0.2) is 0 Å². The molecule has 2 aliphatic rings. The number of nitrogens with one attached hydrogen (secondary N) is 1. The molecule has 0 saturated carbocycles. The van der Waals surface area contributed by atoms with E-state index in [2.05, 4.69) is 46.8 Å². The lowest BCUT2D eigenvalue weighted by Gasteiger charge is -2.29. The average molecular weight is 392 g/mol. The highest BCUT2D eigenvalue weighted by Crippen LogP contribution is 2.17. The monoisotopic (exact) mass is 391 g/mol. The summed E-state index contributed by atoms with van der Waals surface area (Å²) in [6.07, 6.45) is 16.6. The summed E-state index contributed by atoms with van der Waals surface area (Å²) in [5, 5.41) is 10.8. The fourth-order valence-corrected chi connectivity index (χ4v) is 4.37. The lowest BCUT2D eigenvalue weighted by molar-refractivity contribution is 0.341. The average Bonchev–Trinajstić information content (AvgIpc) is 2.98. The third kappa shape index (κ3) is 4.36. The van der Waals surface area contributed by atoms with E-state index >= 15 is 0 Å². The molecule has 0 spiro atoms. The number of rotatable bonds is 5. The van der Waals surface area contributed by atoms with Crippen molar-refractivity contribution in [2.75, 3.05) is 13.1 Å². The summed E-state index contributed by atoms with van der Waals surface area (Å²) >= 11 is 0. The predicted molar refractivity (Wildman–Crippen MR) is 118 cm³/mol. The summed E-state index contributed by atoms with van der Waals surface area (Å²) in [5.74, 6) is 0.675. The highest BCUT2D eigenvalue weighted by Gasteiger charge is 2.16. The number of likely N-dealkylation sites (tertiary alicyclic amines) is 1. The Morgan fingerprint density at radius 2 is 2.00 bits per heavy atom. The number of benzene rings is 1. The summed E-state index contributed by atoms with van der Waals surface area (Å²) in [6, 6.07) is 7.39. The summed E-state index contributed by atoms with van der Waals surface area (Å²) in [5.41, 5.74) is 1.33. The lowest BCUT2D eigenvalue weighted by atomic mass is 10.0. The SMILES string of the molecule is CCCC1C=CC=c2c(ccn2Cc2ccc(C(=N)N3CCCCC3)cc2F)=C1. The number of fused-ring (bicyclic) bond motifs is 1. The van der Waals surface area contributed by atoms with Crippen LogP contribution in [0.25, 0.3) is 12.2 Å². The molecule has 0 amide bonds. The Hall–Kier alpha value is -2.62. The van der Waals surface area contributed by atoms with Crippen LogP contribution in [0.15, 0.2) is 42.6 Å². The number of hydrogen-bond acceptors (Lipinski definition) is 1. The Morgan fingerprint density at radius 1 is 1.17 bits per heavy atom. The largest absolute Gasteiger partial charge is 0.357 e. The van der Waals surface area contributed by atoms with Crippen LogP contribution in [0.1, 0.15) is 50.2 Å². The Bertz CT molecular complexity index is 1020. The topological polar surface area (TPSA) is 32.0 Å². The van der Waals surface area contributed by atoms with Gasteiger partial charge < -0.3 is 9.47 Å². The van der Waals surface area contributed by atoms with E-state index < -0.39 is 0 Å². The molecule has 1 aliphatic heterocycles. The molecule has 29 heavy (non-hydrogen) atoms. The van der Waals surface area contributed by atoms with E-state index in [1.165, 1.54) is 17.7 Å². The van der Waals surface area contributed by atoms with Crippen molar-refractivity contribution in [3.63, 3.8) is 0 Å². The molecule has 1 N–H and O–H groups in total. The third-order valence-corrected chi connectivity index (χ3v) is 6.01. The Balaban J connectivity index is 1.55. The normalized spacial score (nSPS) is 18.6. The maximum Gasteiger partial charge on any atom is 0.128 e. The van der Waals surface area contributed by atoms with E-state index in [0.717, 1.165) is 44.1 Å². The van der Waals surface area contributed by atoms with Crippen LogP contribution in [-0.4, -0.2) is 28.4 Å². The van der Waals surface area contributed by atoms with Crippen molar-refractivity contribution < 1.29 is 4.39 Å². The van der Waals surface area contributed by atoms with Crippen LogP contribution >= 0.6 is 0 Å². The van der Waals surface area contributed by atoms with Crippen LogP contribution in [0.3, 0.4) is 0 Å². The van der Waals surface area contributed by atoms with Gasteiger partial charge in [0.1, 0.15) is 11.7 Å². The van der Waals surface area contributed by atoms with Crippen molar-refractivity contribution >= 4 is 18.0 Å². The van der Waals surface area contributed by atoms with Gasteiger partial charge in [0.05, 0.1) is 6.54 Å². The minimum atomic E-state index is -0.233. The molecule has 152 valence electrons. The van der Waals surface area contributed by atoms with Crippen LogP contribution in [0.4, 0.5) is 4.39 Å². The summed E-state index contributed by atoms with van der Waals surface area (Å²) < 4.78 is 17.0. The van der Waals surface area contributed by atoms with E-state index in [9.17, 15) is 4.39 Å². The maximum atomic E-state index is 14.9.